The summed E-state index contributed by atoms with van der Waals surface area (Å²) in [5.41, 5.74) is 0.997. The van der Waals surface area contributed by atoms with Gasteiger partial charge in [0.2, 0.25) is 0 Å². The molecule has 1 saturated heterocycles. The Bertz CT molecular complexity index is 596. The molecule has 6 heteroatoms. The minimum Gasteiger partial charge on any atom is -0.336 e. The Kier molecular flexibility index (Phi) is 5.60. The molecule has 0 spiro atoms. The summed E-state index contributed by atoms with van der Waals surface area (Å²) in [5.74, 6) is 0. The molecule has 0 bridgehead atoms. The van der Waals surface area contributed by atoms with E-state index in [1.807, 2.05) is 12.1 Å². The number of nitrogens with zero attached hydrogens (tertiary/aromatic N) is 2. The number of urea groups is 1. The van der Waals surface area contributed by atoms with Crippen molar-refractivity contribution in [2.45, 2.75) is 25.4 Å². The van der Waals surface area contributed by atoms with Crippen molar-refractivity contribution in [3.63, 3.8) is 0 Å². The third-order valence-corrected chi connectivity index (χ3v) is 5.06. The number of rotatable bonds is 6. The molecule has 0 aliphatic carbocycles. The first-order valence-corrected chi connectivity index (χ1v) is 8.89. The number of carbonyl (C=O) groups excluding carboxylic acids is 1. The first-order valence-electron chi connectivity index (χ1n) is 8.01. The minimum atomic E-state index is -0.130. The third-order valence-electron chi connectivity index (χ3n) is 4.08. The van der Waals surface area contributed by atoms with Crippen LogP contribution in [0, 0.1) is 0 Å². The van der Waals surface area contributed by atoms with E-state index in [0.29, 0.717) is 13.1 Å². The third kappa shape index (κ3) is 4.53. The number of aromatic nitrogens is 1. The Balaban J connectivity index is 1.51. The molecule has 1 fully saturated rings. The minimum absolute atomic E-state index is 0.130. The molecule has 1 aliphatic rings. The molecular formula is C17H22N4OS. The van der Waals surface area contributed by atoms with Crippen molar-refractivity contribution in [1.82, 2.24) is 20.5 Å². The molecule has 23 heavy (non-hydrogen) atoms. The molecule has 122 valence electrons. The Hall–Kier alpha value is -1.92. The van der Waals surface area contributed by atoms with Crippen LogP contribution >= 0.6 is 11.3 Å². The van der Waals surface area contributed by atoms with Gasteiger partial charge in [-0.2, -0.15) is 0 Å². The van der Waals surface area contributed by atoms with Gasteiger partial charge in [-0.05, 0) is 49.0 Å². The van der Waals surface area contributed by atoms with Crippen molar-refractivity contribution in [3.05, 3.63) is 52.5 Å². The highest BCUT2D eigenvalue weighted by Crippen LogP contribution is 2.27. The summed E-state index contributed by atoms with van der Waals surface area (Å²) in [4.78, 5) is 19.9. The van der Waals surface area contributed by atoms with E-state index in [4.69, 9.17) is 0 Å². The highest BCUT2D eigenvalue weighted by molar-refractivity contribution is 7.10. The number of likely N-dealkylation sites (tertiary alicyclic amines) is 1. The molecule has 3 rings (SSSR count). The quantitative estimate of drug-likeness (QED) is 0.856. The van der Waals surface area contributed by atoms with Crippen molar-refractivity contribution < 1.29 is 4.79 Å². The number of nitrogens with one attached hydrogen (secondary N) is 2. The SMILES string of the molecule is O=C(NCc1cccnc1)NC[C@@H](c1cccs1)N1CCCC1. The Morgan fingerprint density at radius 3 is 2.83 bits per heavy atom. The van der Waals surface area contributed by atoms with Gasteiger partial charge in [0.05, 0.1) is 6.04 Å². The zero-order valence-corrected chi connectivity index (χ0v) is 13.9. The molecule has 2 aromatic rings. The van der Waals surface area contributed by atoms with Crippen LogP contribution in [0.4, 0.5) is 4.79 Å². The lowest BCUT2D eigenvalue weighted by Gasteiger charge is -2.26. The fraction of sp³-hybridized carbons (Fsp3) is 0.412. The molecule has 1 atom stereocenters. The molecule has 0 saturated carbocycles. The predicted molar refractivity (Wildman–Crippen MR) is 92.3 cm³/mol. The molecule has 2 aromatic heterocycles. The van der Waals surface area contributed by atoms with E-state index < -0.39 is 0 Å². The van der Waals surface area contributed by atoms with Gasteiger partial charge in [-0.3, -0.25) is 9.88 Å². The Labute approximate surface area is 140 Å². The molecule has 5 nitrogen and oxygen atoms in total. The first-order chi connectivity index (χ1) is 11.3. The van der Waals surface area contributed by atoms with E-state index in [9.17, 15) is 4.79 Å². The zero-order valence-electron chi connectivity index (χ0n) is 13.1. The van der Waals surface area contributed by atoms with Gasteiger partial charge in [0.15, 0.2) is 0 Å². The van der Waals surface area contributed by atoms with Gasteiger partial charge in [-0.15, -0.1) is 11.3 Å². The second kappa shape index (κ2) is 8.08. The zero-order chi connectivity index (χ0) is 15.9. The van der Waals surface area contributed by atoms with Crippen LogP contribution in [0.2, 0.25) is 0 Å². The summed E-state index contributed by atoms with van der Waals surface area (Å²) in [6, 6.07) is 8.20. The van der Waals surface area contributed by atoms with Gasteiger partial charge in [0.1, 0.15) is 0 Å². The number of hydrogen-bond donors (Lipinski definition) is 2. The maximum absolute atomic E-state index is 12.0. The average molecular weight is 330 g/mol. The van der Waals surface area contributed by atoms with Crippen LogP contribution in [-0.2, 0) is 6.54 Å². The standard InChI is InChI=1S/C17H22N4OS/c22-17(19-12-14-5-3-7-18-11-14)20-13-15(16-6-4-10-23-16)21-8-1-2-9-21/h3-7,10-11,15H,1-2,8-9,12-13H2,(H2,19,20,22)/t15-/m0/s1. The van der Waals surface area contributed by atoms with Crippen molar-refractivity contribution in [2.24, 2.45) is 0 Å². The van der Waals surface area contributed by atoms with Gasteiger partial charge in [0.25, 0.3) is 0 Å². The van der Waals surface area contributed by atoms with E-state index >= 15 is 0 Å². The van der Waals surface area contributed by atoms with Gasteiger partial charge in [-0.1, -0.05) is 12.1 Å². The largest absolute Gasteiger partial charge is 0.336 e. The van der Waals surface area contributed by atoms with E-state index in [0.717, 1.165) is 18.7 Å². The molecule has 0 aromatic carbocycles. The lowest BCUT2D eigenvalue weighted by Crippen LogP contribution is -2.41. The van der Waals surface area contributed by atoms with Gasteiger partial charge in [0, 0.05) is 30.4 Å². The summed E-state index contributed by atoms with van der Waals surface area (Å²) >= 11 is 1.76. The topological polar surface area (TPSA) is 57.3 Å². The second-order valence-electron chi connectivity index (χ2n) is 5.70. The highest BCUT2D eigenvalue weighted by Gasteiger charge is 2.24. The molecular weight excluding hydrogens is 308 g/mol. The first kappa shape index (κ1) is 16.0. The summed E-state index contributed by atoms with van der Waals surface area (Å²) in [5, 5.41) is 8.00. The van der Waals surface area contributed by atoms with E-state index in [2.05, 4.69) is 38.0 Å². The molecule has 0 radical (unpaired) electrons. The molecule has 0 unspecified atom stereocenters. The van der Waals surface area contributed by atoms with Gasteiger partial charge >= 0.3 is 6.03 Å². The number of carbonyl (C=O) groups is 1. The number of amides is 2. The average Bonchev–Trinajstić information content (AvgIpc) is 3.28. The molecule has 3 heterocycles. The molecule has 1 aliphatic heterocycles. The van der Waals surface area contributed by atoms with Crippen LogP contribution < -0.4 is 10.6 Å². The van der Waals surface area contributed by atoms with Gasteiger partial charge in [-0.25, -0.2) is 4.79 Å². The summed E-state index contributed by atoms with van der Waals surface area (Å²) in [7, 11) is 0. The summed E-state index contributed by atoms with van der Waals surface area (Å²) in [6.07, 6.45) is 5.98. The van der Waals surface area contributed by atoms with Crippen LogP contribution in [0.3, 0.4) is 0 Å². The number of thiophene rings is 1. The Morgan fingerprint density at radius 2 is 2.13 bits per heavy atom. The lowest BCUT2D eigenvalue weighted by atomic mass is 10.2. The van der Waals surface area contributed by atoms with E-state index in [-0.39, 0.29) is 12.1 Å². The van der Waals surface area contributed by atoms with Crippen LogP contribution in [0.5, 0.6) is 0 Å². The molecule has 2 N–H and O–H groups in total. The lowest BCUT2D eigenvalue weighted by molar-refractivity contribution is 0.222. The predicted octanol–water partition coefficient (Wildman–Crippen LogP) is 2.78. The smallest absolute Gasteiger partial charge is 0.315 e. The number of hydrogen-bond acceptors (Lipinski definition) is 4. The van der Waals surface area contributed by atoms with Crippen LogP contribution in [-0.4, -0.2) is 35.5 Å². The van der Waals surface area contributed by atoms with Crippen LogP contribution in [0.15, 0.2) is 42.0 Å². The maximum atomic E-state index is 12.0. The Morgan fingerprint density at radius 1 is 1.26 bits per heavy atom. The van der Waals surface area contributed by atoms with Crippen LogP contribution in [0.25, 0.3) is 0 Å². The normalized spacial score (nSPS) is 16.2. The van der Waals surface area contributed by atoms with Crippen molar-refractivity contribution in [2.75, 3.05) is 19.6 Å². The monoisotopic (exact) mass is 330 g/mol. The summed E-state index contributed by atoms with van der Waals surface area (Å²) in [6.45, 7) is 3.36. The van der Waals surface area contributed by atoms with E-state index in [1.54, 1.807) is 23.7 Å². The maximum Gasteiger partial charge on any atom is 0.315 e. The highest BCUT2D eigenvalue weighted by atomic mass is 32.1. The second-order valence-corrected chi connectivity index (χ2v) is 6.68. The fourth-order valence-electron chi connectivity index (χ4n) is 2.88. The fourth-order valence-corrected chi connectivity index (χ4v) is 3.74. The van der Waals surface area contributed by atoms with Gasteiger partial charge < -0.3 is 10.6 Å². The van der Waals surface area contributed by atoms with Crippen molar-refractivity contribution in [1.29, 1.82) is 0 Å². The molecule has 2 amide bonds. The van der Waals surface area contributed by atoms with E-state index in [1.165, 1.54) is 17.7 Å². The summed E-state index contributed by atoms with van der Waals surface area (Å²) < 4.78 is 0. The van der Waals surface area contributed by atoms with Crippen molar-refractivity contribution in [3.8, 4) is 0 Å². The van der Waals surface area contributed by atoms with Crippen molar-refractivity contribution >= 4 is 17.4 Å². The number of pyridine rings is 1. The van der Waals surface area contributed by atoms with Crippen LogP contribution in [0.1, 0.15) is 29.3 Å².